The monoisotopic (exact) mass is 441 g/mol. The highest BCUT2D eigenvalue weighted by molar-refractivity contribution is 5.95. The minimum atomic E-state index is -4.50. The zero-order valence-corrected chi connectivity index (χ0v) is 18.1. The number of benzene rings is 2. The van der Waals surface area contributed by atoms with Crippen molar-refractivity contribution in [2.75, 3.05) is 5.32 Å². The maximum Gasteiger partial charge on any atom is 0.433 e. The van der Waals surface area contributed by atoms with E-state index in [1.54, 1.807) is 24.3 Å². The summed E-state index contributed by atoms with van der Waals surface area (Å²) < 4.78 is 39.9. The second-order valence-corrected chi connectivity index (χ2v) is 8.61. The van der Waals surface area contributed by atoms with E-state index in [0.717, 1.165) is 42.9 Å². The summed E-state index contributed by atoms with van der Waals surface area (Å²) in [6.07, 6.45) is -1.45. The number of para-hydroxylation sites is 1. The topological polar surface area (TPSA) is 54.0 Å². The van der Waals surface area contributed by atoms with Crippen molar-refractivity contribution in [1.82, 2.24) is 10.3 Å². The van der Waals surface area contributed by atoms with Crippen molar-refractivity contribution in [3.8, 4) is 0 Å². The van der Waals surface area contributed by atoms with Gasteiger partial charge in [0.05, 0.1) is 5.52 Å². The van der Waals surface area contributed by atoms with Crippen LogP contribution in [-0.2, 0) is 6.18 Å². The van der Waals surface area contributed by atoms with Crippen LogP contribution in [0.25, 0.3) is 10.9 Å². The molecule has 32 heavy (non-hydrogen) atoms. The Bertz CT molecular complexity index is 1110. The smallest absolute Gasteiger partial charge is 0.382 e. The van der Waals surface area contributed by atoms with Gasteiger partial charge in [0, 0.05) is 28.7 Å². The van der Waals surface area contributed by atoms with Crippen molar-refractivity contribution >= 4 is 22.5 Å². The zero-order chi connectivity index (χ0) is 22.9. The molecule has 1 aliphatic carbocycles. The van der Waals surface area contributed by atoms with Gasteiger partial charge in [0.15, 0.2) is 0 Å². The molecule has 0 atom stereocenters. The molecule has 168 valence electrons. The van der Waals surface area contributed by atoms with E-state index < -0.39 is 11.9 Å². The first-order valence-corrected chi connectivity index (χ1v) is 10.8. The van der Waals surface area contributed by atoms with E-state index in [9.17, 15) is 18.0 Å². The lowest BCUT2D eigenvalue weighted by Crippen LogP contribution is -2.40. The van der Waals surface area contributed by atoms with Crippen LogP contribution in [0, 0.1) is 13.8 Å². The van der Waals surface area contributed by atoms with Gasteiger partial charge < -0.3 is 10.6 Å². The minimum absolute atomic E-state index is 0.0382. The van der Waals surface area contributed by atoms with Gasteiger partial charge in [-0.3, -0.25) is 4.79 Å². The van der Waals surface area contributed by atoms with Crippen molar-refractivity contribution in [3.05, 3.63) is 70.9 Å². The molecule has 0 bridgehead atoms. The molecule has 1 fully saturated rings. The van der Waals surface area contributed by atoms with Gasteiger partial charge in [0.1, 0.15) is 5.69 Å². The van der Waals surface area contributed by atoms with E-state index in [2.05, 4.69) is 15.6 Å². The Morgan fingerprint density at radius 2 is 1.56 bits per heavy atom. The van der Waals surface area contributed by atoms with E-state index in [1.807, 2.05) is 32.0 Å². The van der Waals surface area contributed by atoms with E-state index in [0.29, 0.717) is 22.2 Å². The van der Waals surface area contributed by atoms with Gasteiger partial charge in [0.25, 0.3) is 5.91 Å². The second kappa shape index (κ2) is 8.81. The minimum Gasteiger partial charge on any atom is -0.382 e. The molecule has 0 radical (unpaired) electrons. The maximum atomic E-state index is 13.3. The molecular formula is C25H26F3N3O. The summed E-state index contributed by atoms with van der Waals surface area (Å²) in [5.74, 6) is -0.0804. The predicted molar refractivity (Wildman–Crippen MR) is 120 cm³/mol. The van der Waals surface area contributed by atoms with Gasteiger partial charge in [-0.2, -0.15) is 13.2 Å². The number of hydrogen-bond acceptors (Lipinski definition) is 3. The molecule has 0 spiro atoms. The molecule has 3 aromatic rings. The van der Waals surface area contributed by atoms with Crippen molar-refractivity contribution in [3.63, 3.8) is 0 Å². The molecule has 2 N–H and O–H groups in total. The highest BCUT2D eigenvalue weighted by Gasteiger charge is 2.33. The van der Waals surface area contributed by atoms with Crippen LogP contribution in [0.3, 0.4) is 0 Å². The lowest BCUT2D eigenvalue weighted by molar-refractivity contribution is -0.140. The number of aromatic nitrogens is 1. The van der Waals surface area contributed by atoms with Crippen LogP contribution >= 0.6 is 0 Å². The molecule has 7 heteroatoms. The lowest BCUT2D eigenvalue weighted by atomic mass is 9.90. The molecule has 1 aromatic heterocycles. The molecular weight excluding hydrogens is 415 g/mol. The average molecular weight is 441 g/mol. The first kappa shape index (κ1) is 22.1. The third-order valence-electron chi connectivity index (χ3n) is 5.91. The summed E-state index contributed by atoms with van der Waals surface area (Å²) >= 11 is 0. The quantitative estimate of drug-likeness (QED) is 0.520. The SMILES string of the molecule is Cc1cc(C)cc(C(=O)N[C@H]2CC[C@@H](Nc3cc(C(F)(F)F)nc4ccccc34)CC2)c1. The van der Waals surface area contributed by atoms with Gasteiger partial charge in [-0.1, -0.05) is 35.4 Å². The Balaban J connectivity index is 1.42. The van der Waals surface area contributed by atoms with E-state index in [1.165, 1.54) is 0 Å². The van der Waals surface area contributed by atoms with Crippen molar-refractivity contribution < 1.29 is 18.0 Å². The van der Waals surface area contributed by atoms with Gasteiger partial charge in [-0.25, -0.2) is 4.98 Å². The van der Waals surface area contributed by atoms with Crippen LogP contribution in [0.4, 0.5) is 18.9 Å². The Morgan fingerprint density at radius 3 is 2.22 bits per heavy atom. The highest BCUT2D eigenvalue weighted by atomic mass is 19.4. The van der Waals surface area contributed by atoms with E-state index in [4.69, 9.17) is 0 Å². The van der Waals surface area contributed by atoms with Gasteiger partial charge in [0.2, 0.25) is 0 Å². The summed E-state index contributed by atoms with van der Waals surface area (Å²) in [6.45, 7) is 3.93. The molecule has 1 heterocycles. The van der Waals surface area contributed by atoms with Crippen LogP contribution in [0.2, 0.25) is 0 Å². The molecule has 1 amide bonds. The van der Waals surface area contributed by atoms with Crippen LogP contribution < -0.4 is 10.6 Å². The standard InChI is InChI=1S/C25H26F3N3O/c1-15-11-16(2)13-17(12-15)24(32)30-19-9-7-18(8-10-19)29-22-14-23(25(26,27)28)31-21-6-4-3-5-20(21)22/h3-6,11-14,18-19H,7-10H2,1-2H3,(H,29,31)(H,30,32)/t18-,19+. The molecule has 2 aromatic carbocycles. The largest absolute Gasteiger partial charge is 0.433 e. The Morgan fingerprint density at radius 1 is 0.938 bits per heavy atom. The third-order valence-corrected chi connectivity index (χ3v) is 5.91. The number of halogens is 3. The number of nitrogens with zero attached hydrogens (tertiary/aromatic N) is 1. The second-order valence-electron chi connectivity index (χ2n) is 8.61. The van der Waals surface area contributed by atoms with Crippen molar-refractivity contribution in [1.29, 1.82) is 0 Å². The fraction of sp³-hybridized carbons (Fsp3) is 0.360. The number of carbonyl (C=O) groups excluding carboxylic acids is 1. The highest BCUT2D eigenvalue weighted by Crippen LogP contribution is 2.34. The molecule has 1 saturated carbocycles. The Hall–Kier alpha value is -3.09. The normalized spacial score (nSPS) is 19.0. The number of alkyl halides is 3. The number of rotatable bonds is 4. The molecule has 0 aliphatic heterocycles. The molecule has 4 nitrogen and oxygen atoms in total. The number of aryl methyl sites for hydroxylation is 2. The van der Waals surface area contributed by atoms with Gasteiger partial charge in [-0.05, 0) is 63.8 Å². The summed E-state index contributed by atoms with van der Waals surface area (Å²) in [5.41, 5.74) is 2.63. The van der Waals surface area contributed by atoms with Crippen LogP contribution in [-0.4, -0.2) is 23.0 Å². The average Bonchev–Trinajstić information content (AvgIpc) is 2.73. The lowest BCUT2D eigenvalue weighted by Gasteiger charge is -2.31. The Kier molecular flexibility index (Phi) is 6.09. The third kappa shape index (κ3) is 5.03. The number of carbonyl (C=O) groups is 1. The fourth-order valence-electron chi connectivity index (χ4n) is 4.42. The molecule has 0 saturated heterocycles. The summed E-state index contributed by atoms with van der Waals surface area (Å²) in [4.78, 5) is 16.4. The predicted octanol–water partition coefficient (Wildman–Crippen LogP) is 6.02. The number of hydrogen-bond donors (Lipinski definition) is 2. The number of nitrogens with one attached hydrogen (secondary N) is 2. The van der Waals surface area contributed by atoms with Gasteiger partial charge >= 0.3 is 6.18 Å². The van der Waals surface area contributed by atoms with Crippen LogP contribution in [0.15, 0.2) is 48.5 Å². The fourth-order valence-corrected chi connectivity index (χ4v) is 4.42. The maximum absolute atomic E-state index is 13.3. The first-order valence-electron chi connectivity index (χ1n) is 10.8. The number of fused-ring (bicyclic) bond motifs is 1. The van der Waals surface area contributed by atoms with Gasteiger partial charge in [-0.15, -0.1) is 0 Å². The summed E-state index contributed by atoms with van der Waals surface area (Å²) in [6, 6.07) is 13.8. The summed E-state index contributed by atoms with van der Waals surface area (Å²) in [7, 11) is 0. The number of anilines is 1. The molecule has 0 unspecified atom stereocenters. The van der Waals surface area contributed by atoms with E-state index in [-0.39, 0.29) is 18.0 Å². The van der Waals surface area contributed by atoms with E-state index >= 15 is 0 Å². The molecule has 1 aliphatic rings. The van der Waals surface area contributed by atoms with Crippen LogP contribution in [0.1, 0.15) is 52.9 Å². The Labute approximate surface area is 185 Å². The van der Waals surface area contributed by atoms with Crippen molar-refractivity contribution in [2.45, 2.75) is 57.8 Å². The first-order chi connectivity index (χ1) is 15.2. The van der Waals surface area contributed by atoms with Crippen molar-refractivity contribution in [2.24, 2.45) is 0 Å². The molecule has 4 rings (SSSR count). The summed E-state index contributed by atoms with van der Waals surface area (Å²) in [5, 5.41) is 7.08. The number of amides is 1. The number of pyridine rings is 1. The zero-order valence-electron chi connectivity index (χ0n) is 18.1. The van der Waals surface area contributed by atoms with Crippen LogP contribution in [0.5, 0.6) is 0 Å².